The van der Waals surface area contributed by atoms with Crippen LogP contribution >= 0.6 is 0 Å². The van der Waals surface area contributed by atoms with Crippen molar-refractivity contribution in [2.24, 2.45) is 11.8 Å². The molecule has 0 saturated carbocycles. The topological polar surface area (TPSA) is 84.0 Å². The number of rotatable bonds is 4. The maximum atomic E-state index is 14.3. The Kier molecular flexibility index (Phi) is 5.42. The highest BCUT2D eigenvalue weighted by Gasteiger charge is 2.64. The molecule has 0 N–H and O–H groups in total. The van der Waals surface area contributed by atoms with Crippen molar-refractivity contribution in [1.82, 2.24) is 4.90 Å². The van der Waals surface area contributed by atoms with Gasteiger partial charge >= 0.3 is 5.97 Å². The van der Waals surface area contributed by atoms with Crippen molar-refractivity contribution in [2.75, 3.05) is 4.90 Å². The number of hydrogen-bond donors (Lipinski definition) is 0. The van der Waals surface area contributed by atoms with Gasteiger partial charge in [0.25, 0.3) is 0 Å². The Bertz CT molecular complexity index is 1750. The third-order valence-corrected chi connectivity index (χ3v) is 8.14. The van der Waals surface area contributed by atoms with Crippen LogP contribution in [0.3, 0.4) is 0 Å². The number of imide groups is 1. The van der Waals surface area contributed by atoms with E-state index in [4.69, 9.17) is 4.74 Å². The van der Waals surface area contributed by atoms with Gasteiger partial charge in [-0.1, -0.05) is 60.7 Å². The highest BCUT2D eigenvalue weighted by Crippen LogP contribution is 2.54. The Morgan fingerprint density at radius 3 is 2.27 bits per heavy atom. The van der Waals surface area contributed by atoms with E-state index < -0.39 is 29.9 Å². The second-order valence-corrected chi connectivity index (χ2v) is 10.3. The van der Waals surface area contributed by atoms with Crippen LogP contribution in [0.25, 0.3) is 16.8 Å². The first kappa shape index (κ1) is 24.0. The van der Waals surface area contributed by atoms with Gasteiger partial charge in [-0.15, -0.1) is 0 Å². The van der Waals surface area contributed by atoms with E-state index in [0.29, 0.717) is 17.0 Å². The molecule has 0 bridgehead atoms. The molecule has 0 spiro atoms. The van der Waals surface area contributed by atoms with Crippen molar-refractivity contribution in [2.45, 2.75) is 19.0 Å². The highest BCUT2D eigenvalue weighted by atomic mass is 16.5. The van der Waals surface area contributed by atoms with Crippen LogP contribution in [0, 0.1) is 11.8 Å². The van der Waals surface area contributed by atoms with E-state index in [1.54, 1.807) is 30.3 Å². The van der Waals surface area contributed by atoms with Crippen molar-refractivity contribution in [3.8, 4) is 5.75 Å². The van der Waals surface area contributed by atoms with Crippen molar-refractivity contribution < 1.29 is 23.9 Å². The van der Waals surface area contributed by atoms with Crippen LogP contribution in [-0.4, -0.2) is 34.5 Å². The number of ether oxygens (including phenoxy) is 1. The number of Topliss-reactive ketones (excluding diaryl/α,β-unsaturated/α-hetero) is 1. The summed E-state index contributed by atoms with van der Waals surface area (Å²) < 4.78 is 5.12. The molecule has 7 heteroatoms. The van der Waals surface area contributed by atoms with Gasteiger partial charge in [-0.25, -0.2) is 4.90 Å². The summed E-state index contributed by atoms with van der Waals surface area (Å²) in [5.74, 6) is -2.67. The van der Waals surface area contributed by atoms with Gasteiger partial charge in [0, 0.05) is 24.1 Å². The quantitative estimate of drug-likeness (QED) is 0.157. The number of benzene rings is 4. The van der Waals surface area contributed by atoms with E-state index in [1.165, 1.54) is 11.8 Å². The predicted molar refractivity (Wildman–Crippen MR) is 149 cm³/mol. The molecule has 2 saturated heterocycles. The summed E-state index contributed by atoms with van der Waals surface area (Å²) in [4.78, 5) is 57.2. The van der Waals surface area contributed by atoms with Crippen LogP contribution in [0.1, 0.15) is 34.5 Å². The molecule has 2 fully saturated rings. The molecule has 196 valence electrons. The average Bonchev–Trinajstić information content (AvgIpc) is 3.44. The molecule has 7 rings (SSSR count). The zero-order valence-electron chi connectivity index (χ0n) is 21.6. The number of esters is 1. The Balaban J connectivity index is 1.35. The van der Waals surface area contributed by atoms with E-state index in [1.807, 2.05) is 77.8 Å². The Morgan fingerprint density at radius 2 is 1.48 bits per heavy atom. The number of carbonyl (C=O) groups is 4. The van der Waals surface area contributed by atoms with Gasteiger partial charge in [0.15, 0.2) is 5.78 Å². The Morgan fingerprint density at radius 1 is 0.775 bits per heavy atom. The predicted octanol–water partition coefficient (Wildman–Crippen LogP) is 5.16. The molecule has 3 heterocycles. The second kappa shape index (κ2) is 9.02. The average molecular weight is 529 g/mol. The number of nitrogens with zero attached hydrogens (tertiary/aromatic N) is 2. The van der Waals surface area contributed by atoms with Crippen molar-refractivity contribution in [1.29, 1.82) is 0 Å². The second-order valence-electron chi connectivity index (χ2n) is 10.3. The monoisotopic (exact) mass is 528 g/mol. The molecular formula is C33H24N2O5. The first-order chi connectivity index (χ1) is 19.4. The summed E-state index contributed by atoms with van der Waals surface area (Å²) in [6.45, 7) is 1.31. The summed E-state index contributed by atoms with van der Waals surface area (Å²) >= 11 is 0. The summed E-state index contributed by atoms with van der Waals surface area (Å²) in [7, 11) is 0. The van der Waals surface area contributed by atoms with E-state index in [9.17, 15) is 19.2 Å². The minimum atomic E-state index is -0.879. The molecule has 2 amide bonds. The van der Waals surface area contributed by atoms with Crippen molar-refractivity contribution in [3.05, 3.63) is 114 Å². The normalized spacial score (nSPS) is 22.7. The SMILES string of the molecule is CC(=O)Oc1ccc(C(=O)[C@@H]2[C@H]3C(=O)N(c4cccc5ccccc45)C(=O)[C@H]3[C@@H]3c4ccccc4C=CN23)cc1. The van der Waals surface area contributed by atoms with E-state index in [2.05, 4.69) is 0 Å². The van der Waals surface area contributed by atoms with Gasteiger partial charge in [0.05, 0.1) is 23.6 Å². The minimum absolute atomic E-state index is 0.267. The van der Waals surface area contributed by atoms with Crippen LogP contribution in [-0.2, 0) is 14.4 Å². The first-order valence-corrected chi connectivity index (χ1v) is 13.2. The lowest BCUT2D eigenvalue weighted by Gasteiger charge is -2.35. The number of fused-ring (bicyclic) bond motifs is 6. The number of ketones is 1. The fourth-order valence-electron chi connectivity index (χ4n) is 6.52. The zero-order chi connectivity index (χ0) is 27.5. The van der Waals surface area contributed by atoms with E-state index in [-0.39, 0.29) is 17.6 Å². The molecular weight excluding hydrogens is 504 g/mol. The fraction of sp³-hybridized carbons (Fsp3) is 0.152. The maximum absolute atomic E-state index is 14.3. The van der Waals surface area contributed by atoms with E-state index in [0.717, 1.165) is 21.9 Å². The van der Waals surface area contributed by atoms with Crippen LogP contribution in [0.15, 0.2) is 97.2 Å². The van der Waals surface area contributed by atoms with Gasteiger partial charge in [-0.2, -0.15) is 0 Å². The van der Waals surface area contributed by atoms with Gasteiger partial charge in [0.2, 0.25) is 11.8 Å². The standard InChI is InChI=1S/C33H24N2O5/c1-19(36)40-23-15-13-22(14-16-23)31(37)30-28-27(29-25-11-5-3-8-21(25)17-18-34(29)30)32(38)35(33(28)39)26-12-6-9-20-7-2-4-10-24(20)26/h2-18,27-30H,1H3/t27-,28+,29+,30+/m1/s1. The number of carbonyl (C=O) groups excluding carboxylic acids is 4. The number of hydrogen-bond acceptors (Lipinski definition) is 6. The molecule has 4 aromatic carbocycles. The zero-order valence-corrected chi connectivity index (χ0v) is 21.6. The molecule has 0 unspecified atom stereocenters. The molecule has 0 aromatic heterocycles. The lowest BCUT2D eigenvalue weighted by atomic mass is 9.83. The highest BCUT2D eigenvalue weighted by molar-refractivity contribution is 6.27. The summed E-state index contributed by atoms with van der Waals surface area (Å²) in [6.07, 6.45) is 3.76. The van der Waals surface area contributed by atoms with Crippen LogP contribution in [0.4, 0.5) is 5.69 Å². The first-order valence-electron chi connectivity index (χ1n) is 13.2. The van der Waals surface area contributed by atoms with Crippen molar-refractivity contribution >= 4 is 46.1 Å². The van der Waals surface area contributed by atoms with Gasteiger partial charge in [-0.3, -0.25) is 19.2 Å². The largest absolute Gasteiger partial charge is 0.427 e. The molecule has 7 nitrogen and oxygen atoms in total. The Hall–Kier alpha value is -5.04. The number of anilines is 1. The molecule has 0 radical (unpaired) electrons. The summed E-state index contributed by atoms with van der Waals surface area (Å²) in [5, 5.41) is 1.72. The molecule has 3 aliphatic heterocycles. The summed E-state index contributed by atoms with van der Waals surface area (Å²) in [5.41, 5.74) is 2.79. The Labute approximate surface area is 230 Å². The van der Waals surface area contributed by atoms with E-state index >= 15 is 0 Å². The third kappa shape index (κ3) is 3.51. The van der Waals surface area contributed by atoms with Crippen LogP contribution in [0.5, 0.6) is 5.75 Å². The minimum Gasteiger partial charge on any atom is -0.427 e. The summed E-state index contributed by atoms with van der Waals surface area (Å²) in [6, 6.07) is 26.0. The molecule has 4 atom stereocenters. The third-order valence-electron chi connectivity index (χ3n) is 8.14. The molecule has 3 aliphatic rings. The van der Waals surface area contributed by atoms with Crippen LogP contribution < -0.4 is 9.64 Å². The number of amides is 2. The molecule has 40 heavy (non-hydrogen) atoms. The van der Waals surface area contributed by atoms with Crippen molar-refractivity contribution in [3.63, 3.8) is 0 Å². The molecule has 0 aliphatic carbocycles. The molecule has 4 aromatic rings. The van der Waals surface area contributed by atoms with Gasteiger partial charge in [0.1, 0.15) is 11.8 Å². The smallest absolute Gasteiger partial charge is 0.308 e. The fourth-order valence-corrected chi connectivity index (χ4v) is 6.52. The lowest BCUT2D eigenvalue weighted by Crippen LogP contribution is -2.44. The van der Waals surface area contributed by atoms with Crippen LogP contribution in [0.2, 0.25) is 0 Å². The van der Waals surface area contributed by atoms with Gasteiger partial charge < -0.3 is 9.64 Å². The van der Waals surface area contributed by atoms with Gasteiger partial charge in [-0.05, 0) is 52.9 Å². The lowest BCUT2D eigenvalue weighted by molar-refractivity contribution is -0.132. The maximum Gasteiger partial charge on any atom is 0.308 e.